The van der Waals surface area contributed by atoms with E-state index in [2.05, 4.69) is 4.98 Å². The van der Waals surface area contributed by atoms with E-state index in [0.29, 0.717) is 23.5 Å². The molecule has 0 unspecified atom stereocenters. The van der Waals surface area contributed by atoms with Gasteiger partial charge in [0.15, 0.2) is 12.0 Å². The van der Waals surface area contributed by atoms with E-state index in [1.165, 1.54) is 0 Å². The molecule has 0 amide bonds. The minimum absolute atomic E-state index is 0.140. The van der Waals surface area contributed by atoms with Crippen molar-refractivity contribution < 1.29 is 14.3 Å². The Morgan fingerprint density at radius 1 is 1.00 bits per heavy atom. The molecule has 0 fully saturated rings. The molecule has 0 saturated heterocycles. The molecule has 0 radical (unpaired) electrons. The molecule has 0 saturated carbocycles. The summed E-state index contributed by atoms with van der Waals surface area (Å²) >= 11 is 0. The summed E-state index contributed by atoms with van der Waals surface area (Å²) in [6, 6.07) is 14.1. The third kappa shape index (κ3) is 2.19. The second-order valence-electron chi connectivity index (χ2n) is 4.27. The molecule has 0 bridgehead atoms. The number of aromatic hydroxyl groups is 1. The van der Waals surface area contributed by atoms with Crippen LogP contribution in [0.2, 0.25) is 0 Å². The Bertz CT molecular complexity index is 744. The zero-order valence-corrected chi connectivity index (χ0v) is 10.5. The first-order chi connectivity index (χ1) is 9.78. The first kappa shape index (κ1) is 12.2. The largest absolute Gasteiger partial charge is 0.506 e. The summed E-state index contributed by atoms with van der Waals surface area (Å²) in [5.41, 5.74) is 2.21. The standard InChI is InChI=1S/C16H11NO3/c18-10-13-7-8-15(20-13)11-3-5-12(6-4-11)16-14(19)2-1-9-17-16/h1-10,19H. The first-order valence-electron chi connectivity index (χ1n) is 6.08. The molecular weight excluding hydrogens is 254 g/mol. The fourth-order valence-corrected chi connectivity index (χ4v) is 1.98. The number of benzene rings is 1. The Balaban J connectivity index is 1.95. The molecule has 4 heteroatoms. The van der Waals surface area contributed by atoms with Crippen LogP contribution >= 0.6 is 0 Å². The average molecular weight is 265 g/mol. The lowest BCUT2D eigenvalue weighted by molar-refractivity contribution is 0.110. The van der Waals surface area contributed by atoms with Crippen LogP contribution in [0, 0.1) is 0 Å². The molecule has 0 atom stereocenters. The summed E-state index contributed by atoms with van der Waals surface area (Å²) in [6.45, 7) is 0. The molecule has 3 rings (SSSR count). The van der Waals surface area contributed by atoms with Crippen LogP contribution in [-0.2, 0) is 0 Å². The third-order valence-electron chi connectivity index (χ3n) is 2.97. The molecular formula is C16H11NO3. The Morgan fingerprint density at radius 2 is 1.75 bits per heavy atom. The van der Waals surface area contributed by atoms with Crippen LogP contribution < -0.4 is 0 Å². The Labute approximate surface area is 115 Å². The Kier molecular flexibility index (Phi) is 3.05. The van der Waals surface area contributed by atoms with Gasteiger partial charge in [0.2, 0.25) is 0 Å². The lowest BCUT2D eigenvalue weighted by Gasteiger charge is -2.04. The van der Waals surface area contributed by atoms with Gasteiger partial charge in [-0.15, -0.1) is 0 Å². The molecule has 20 heavy (non-hydrogen) atoms. The van der Waals surface area contributed by atoms with Crippen LogP contribution in [0.5, 0.6) is 5.75 Å². The van der Waals surface area contributed by atoms with E-state index < -0.39 is 0 Å². The maximum atomic E-state index is 10.6. The van der Waals surface area contributed by atoms with E-state index in [9.17, 15) is 9.90 Å². The quantitative estimate of drug-likeness (QED) is 0.736. The smallest absolute Gasteiger partial charge is 0.185 e. The normalized spacial score (nSPS) is 10.4. The van der Waals surface area contributed by atoms with Crippen molar-refractivity contribution in [3.63, 3.8) is 0 Å². The number of hydrogen-bond acceptors (Lipinski definition) is 4. The van der Waals surface area contributed by atoms with Gasteiger partial charge in [-0.05, 0) is 24.3 Å². The van der Waals surface area contributed by atoms with Crippen LogP contribution in [-0.4, -0.2) is 16.4 Å². The van der Waals surface area contributed by atoms with Gasteiger partial charge in [-0.2, -0.15) is 0 Å². The number of nitrogens with zero attached hydrogens (tertiary/aromatic N) is 1. The molecule has 0 aliphatic carbocycles. The second-order valence-corrected chi connectivity index (χ2v) is 4.27. The highest BCUT2D eigenvalue weighted by Crippen LogP contribution is 2.29. The van der Waals surface area contributed by atoms with E-state index in [4.69, 9.17) is 4.42 Å². The minimum Gasteiger partial charge on any atom is -0.506 e. The highest BCUT2D eigenvalue weighted by atomic mass is 16.3. The molecule has 1 aromatic carbocycles. The molecule has 1 N–H and O–H groups in total. The van der Waals surface area contributed by atoms with Crippen molar-refractivity contribution >= 4 is 6.29 Å². The number of aldehydes is 1. The first-order valence-corrected chi connectivity index (χ1v) is 6.08. The van der Waals surface area contributed by atoms with Crippen LogP contribution in [0.3, 0.4) is 0 Å². The number of rotatable bonds is 3. The van der Waals surface area contributed by atoms with E-state index in [-0.39, 0.29) is 5.75 Å². The zero-order chi connectivity index (χ0) is 13.9. The lowest BCUT2D eigenvalue weighted by atomic mass is 10.1. The van der Waals surface area contributed by atoms with E-state index in [1.54, 1.807) is 30.5 Å². The summed E-state index contributed by atoms with van der Waals surface area (Å²) in [6.07, 6.45) is 2.30. The summed E-state index contributed by atoms with van der Waals surface area (Å²) in [5.74, 6) is 1.07. The van der Waals surface area contributed by atoms with E-state index in [0.717, 1.165) is 11.1 Å². The molecule has 4 nitrogen and oxygen atoms in total. The molecule has 3 aromatic rings. The monoisotopic (exact) mass is 265 g/mol. The Hall–Kier alpha value is -2.88. The SMILES string of the molecule is O=Cc1ccc(-c2ccc(-c3ncccc3O)cc2)o1. The van der Waals surface area contributed by atoms with Crippen molar-refractivity contribution in [2.45, 2.75) is 0 Å². The predicted molar refractivity (Wildman–Crippen MR) is 74.4 cm³/mol. The van der Waals surface area contributed by atoms with Crippen molar-refractivity contribution in [3.8, 4) is 28.3 Å². The number of furan rings is 1. The van der Waals surface area contributed by atoms with Crippen molar-refractivity contribution in [2.75, 3.05) is 0 Å². The van der Waals surface area contributed by atoms with Crippen LogP contribution in [0.25, 0.3) is 22.6 Å². The van der Waals surface area contributed by atoms with Gasteiger partial charge < -0.3 is 9.52 Å². The van der Waals surface area contributed by atoms with Crippen LogP contribution in [0.1, 0.15) is 10.6 Å². The summed E-state index contributed by atoms with van der Waals surface area (Å²) in [7, 11) is 0. The van der Waals surface area contributed by atoms with Gasteiger partial charge in [0.1, 0.15) is 17.2 Å². The number of carbonyl (C=O) groups excluding carboxylic acids is 1. The van der Waals surface area contributed by atoms with Gasteiger partial charge >= 0.3 is 0 Å². The fourth-order valence-electron chi connectivity index (χ4n) is 1.98. The van der Waals surface area contributed by atoms with Gasteiger partial charge in [0, 0.05) is 17.3 Å². The average Bonchev–Trinajstić information content (AvgIpc) is 2.97. The molecule has 0 spiro atoms. The molecule has 2 aromatic heterocycles. The lowest BCUT2D eigenvalue weighted by Crippen LogP contribution is -1.83. The van der Waals surface area contributed by atoms with Crippen molar-refractivity contribution in [3.05, 3.63) is 60.5 Å². The van der Waals surface area contributed by atoms with Crippen molar-refractivity contribution in [2.24, 2.45) is 0 Å². The number of pyridine rings is 1. The van der Waals surface area contributed by atoms with E-state index in [1.807, 2.05) is 24.3 Å². The van der Waals surface area contributed by atoms with Gasteiger partial charge in [0.25, 0.3) is 0 Å². The highest BCUT2D eigenvalue weighted by molar-refractivity contribution is 5.74. The van der Waals surface area contributed by atoms with Gasteiger partial charge in [-0.3, -0.25) is 9.78 Å². The van der Waals surface area contributed by atoms with E-state index >= 15 is 0 Å². The molecule has 0 aliphatic heterocycles. The fraction of sp³-hybridized carbons (Fsp3) is 0. The summed E-state index contributed by atoms with van der Waals surface area (Å²) in [4.78, 5) is 14.7. The Morgan fingerprint density at radius 3 is 2.40 bits per heavy atom. The zero-order valence-electron chi connectivity index (χ0n) is 10.5. The summed E-state index contributed by atoms with van der Waals surface area (Å²) < 4.78 is 5.36. The van der Waals surface area contributed by atoms with Gasteiger partial charge in [-0.25, -0.2) is 0 Å². The van der Waals surface area contributed by atoms with Gasteiger partial charge in [-0.1, -0.05) is 24.3 Å². The van der Waals surface area contributed by atoms with Crippen molar-refractivity contribution in [1.82, 2.24) is 4.98 Å². The number of aromatic nitrogens is 1. The van der Waals surface area contributed by atoms with Gasteiger partial charge in [0.05, 0.1) is 0 Å². The number of carbonyl (C=O) groups is 1. The van der Waals surface area contributed by atoms with Crippen LogP contribution in [0.15, 0.2) is 59.1 Å². The molecule has 98 valence electrons. The molecule has 0 aliphatic rings. The minimum atomic E-state index is 0.140. The maximum Gasteiger partial charge on any atom is 0.185 e. The highest BCUT2D eigenvalue weighted by Gasteiger charge is 2.07. The maximum absolute atomic E-state index is 10.6. The topological polar surface area (TPSA) is 63.3 Å². The summed E-state index contributed by atoms with van der Waals surface area (Å²) in [5, 5.41) is 9.77. The van der Waals surface area contributed by atoms with Crippen molar-refractivity contribution in [1.29, 1.82) is 0 Å². The number of hydrogen-bond donors (Lipinski definition) is 1. The second kappa shape index (κ2) is 5.01. The molecule has 2 heterocycles. The predicted octanol–water partition coefficient (Wildman–Crippen LogP) is 3.53. The van der Waals surface area contributed by atoms with Crippen LogP contribution in [0.4, 0.5) is 0 Å². The third-order valence-corrected chi connectivity index (χ3v) is 2.97.